The summed E-state index contributed by atoms with van der Waals surface area (Å²) >= 11 is 0. The Balaban J connectivity index is 0.00000228. The van der Waals surface area contributed by atoms with E-state index in [9.17, 15) is 13.6 Å². The van der Waals surface area contributed by atoms with E-state index in [4.69, 9.17) is 0 Å². The van der Waals surface area contributed by atoms with Crippen LogP contribution in [0.15, 0.2) is 48.5 Å². The van der Waals surface area contributed by atoms with Crippen molar-refractivity contribution in [3.8, 4) is 0 Å². The van der Waals surface area contributed by atoms with E-state index in [0.717, 1.165) is 50.4 Å². The molecule has 2 N–H and O–H groups in total. The Morgan fingerprint density at radius 1 is 0.778 bits per heavy atom. The average molecular weight is 544 g/mol. The lowest BCUT2D eigenvalue weighted by atomic mass is 9.82. The van der Waals surface area contributed by atoms with E-state index >= 15 is 0 Å². The molecule has 0 aromatic heterocycles. The first kappa shape index (κ1) is 30.6. The van der Waals surface area contributed by atoms with Crippen molar-refractivity contribution in [2.24, 2.45) is 0 Å². The largest absolute Gasteiger partial charge is 0.314 e. The maximum atomic E-state index is 14.3. The fourth-order valence-electron chi connectivity index (χ4n) is 5.13. The van der Waals surface area contributed by atoms with Gasteiger partial charge in [-0.2, -0.15) is 0 Å². The van der Waals surface area contributed by atoms with E-state index in [-0.39, 0.29) is 42.2 Å². The molecule has 4 rings (SSSR count). The number of benzene rings is 2. The Morgan fingerprint density at radius 3 is 1.47 bits per heavy atom. The molecule has 2 fully saturated rings. The first-order valence-corrected chi connectivity index (χ1v) is 12.4. The third-order valence-corrected chi connectivity index (χ3v) is 7.34. The fraction of sp³-hybridized carbons (Fsp3) is 0.519. The fourth-order valence-corrected chi connectivity index (χ4v) is 5.13. The van der Waals surface area contributed by atoms with Crippen LogP contribution < -0.4 is 10.6 Å². The van der Waals surface area contributed by atoms with Crippen LogP contribution >= 0.6 is 24.8 Å². The normalized spacial score (nSPS) is 22.7. The maximum absolute atomic E-state index is 14.3. The molecular formula is C27H38Cl2F2N4O. The van der Waals surface area contributed by atoms with Gasteiger partial charge < -0.3 is 10.6 Å². The molecule has 2 aromatic rings. The zero-order chi connectivity index (χ0) is 24.1. The molecule has 200 valence electrons. The molecule has 5 nitrogen and oxygen atoms in total. The monoisotopic (exact) mass is 542 g/mol. The van der Waals surface area contributed by atoms with Crippen molar-refractivity contribution >= 4 is 30.6 Å². The van der Waals surface area contributed by atoms with Crippen molar-refractivity contribution < 1.29 is 13.6 Å². The van der Waals surface area contributed by atoms with E-state index in [0.29, 0.717) is 25.2 Å². The Kier molecular flexibility index (Phi) is 12.2. The summed E-state index contributed by atoms with van der Waals surface area (Å²) in [4.78, 5) is 19.0. The Hall–Kier alpha value is -1.61. The lowest BCUT2D eigenvalue weighted by molar-refractivity contribution is -0.123. The topological polar surface area (TPSA) is 47.6 Å². The molecule has 0 aliphatic carbocycles. The van der Waals surface area contributed by atoms with E-state index in [1.54, 1.807) is 24.3 Å². The van der Waals surface area contributed by atoms with Crippen LogP contribution in [0.25, 0.3) is 0 Å². The minimum atomic E-state index is -0.394. The van der Waals surface area contributed by atoms with Crippen LogP contribution in [0.5, 0.6) is 0 Å². The molecule has 2 heterocycles. The first-order chi connectivity index (χ1) is 16.4. The van der Waals surface area contributed by atoms with Gasteiger partial charge in [-0.1, -0.05) is 24.3 Å². The minimum absolute atomic E-state index is 0. The number of hydrogen-bond acceptors (Lipinski definition) is 5. The molecule has 0 bridgehead atoms. The SMILES string of the molecule is CC1CNCCN1CC(C(=O)C(CN1CCNCC1C)c1ccc(F)cc1)c1ccc(F)cc1.Cl.Cl. The number of Topliss-reactive ketones (excluding diaryl/α,β-unsaturated/α-hetero) is 1. The van der Waals surface area contributed by atoms with Crippen molar-refractivity contribution in [3.05, 3.63) is 71.3 Å². The van der Waals surface area contributed by atoms with Gasteiger partial charge in [0.05, 0.1) is 11.8 Å². The van der Waals surface area contributed by atoms with Crippen LogP contribution in [0.3, 0.4) is 0 Å². The smallest absolute Gasteiger partial charge is 0.150 e. The summed E-state index contributed by atoms with van der Waals surface area (Å²) in [6.07, 6.45) is 0. The van der Waals surface area contributed by atoms with Crippen LogP contribution in [0.1, 0.15) is 36.8 Å². The number of halogens is 4. The summed E-state index contributed by atoms with van der Waals surface area (Å²) in [6.45, 7) is 10.8. The summed E-state index contributed by atoms with van der Waals surface area (Å²) < 4.78 is 27.5. The molecule has 9 heteroatoms. The molecule has 0 radical (unpaired) electrons. The zero-order valence-corrected chi connectivity index (χ0v) is 22.6. The highest BCUT2D eigenvalue weighted by molar-refractivity contribution is 5.92. The second-order valence-electron chi connectivity index (χ2n) is 9.71. The van der Waals surface area contributed by atoms with Gasteiger partial charge in [-0.3, -0.25) is 14.6 Å². The zero-order valence-electron chi connectivity index (χ0n) is 21.0. The van der Waals surface area contributed by atoms with Crippen molar-refractivity contribution in [3.63, 3.8) is 0 Å². The number of rotatable bonds is 8. The van der Waals surface area contributed by atoms with Crippen molar-refractivity contribution in [2.75, 3.05) is 52.4 Å². The van der Waals surface area contributed by atoms with Crippen molar-refractivity contribution in [1.29, 1.82) is 0 Å². The standard InChI is InChI=1S/C27H36F2N4O.2ClH/c1-19-15-30-11-13-32(19)17-25(21-3-7-23(28)8-4-21)27(34)26(22-5-9-24(29)10-6-22)18-33-14-12-31-16-20(33)2;;/h3-10,19-20,25-26,30-31H,11-18H2,1-2H3;2*1H. The summed E-state index contributed by atoms with van der Waals surface area (Å²) in [5, 5.41) is 6.81. The van der Waals surface area contributed by atoms with Gasteiger partial charge >= 0.3 is 0 Å². The minimum Gasteiger partial charge on any atom is -0.314 e. The summed E-state index contributed by atoms with van der Waals surface area (Å²) in [5.41, 5.74) is 1.66. The number of hydrogen-bond donors (Lipinski definition) is 2. The van der Waals surface area contributed by atoms with Crippen LogP contribution in [0.2, 0.25) is 0 Å². The lowest BCUT2D eigenvalue weighted by Crippen LogP contribution is -2.53. The molecular weight excluding hydrogens is 505 g/mol. The van der Waals surface area contributed by atoms with Gasteiger partial charge in [0.1, 0.15) is 17.4 Å². The highest BCUT2D eigenvalue weighted by Crippen LogP contribution is 2.30. The van der Waals surface area contributed by atoms with Gasteiger partial charge in [-0.15, -0.1) is 24.8 Å². The lowest BCUT2D eigenvalue weighted by Gasteiger charge is -2.39. The number of ketones is 1. The highest BCUT2D eigenvalue weighted by Gasteiger charge is 2.34. The van der Waals surface area contributed by atoms with Gasteiger partial charge in [-0.25, -0.2) is 8.78 Å². The van der Waals surface area contributed by atoms with Crippen molar-refractivity contribution in [2.45, 2.75) is 37.8 Å². The Labute approximate surface area is 225 Å². The van der Waals surface area contributed by atoms with E-state index in [2.05, 4.69) is 34.3 Å². The van der Waals surface area contributed by atoms with E-state index in [1.807, 2.05) is 0 Å². The summed E-state index contributed by atoms with van der Waals surface area (Å²) in [7, 11) is 0. The third-order valence-electron chi connectivity index (χ3n) is 7.34. The molecule has 0 amide bonds. The van der Waals surface area contributed by atoms with Gasteiger partial charge in [0.15, 0.2) is 0 Å². The van der Waals surface area contributed by atoms with Gasteiger partial charge in [0.2, 0.25) is 0 Å². The second-order valence-corrected chi connectivity index (χ2v) is 9.71. The van der Waals surface area contributed by atoms with E-state index in [1.165, 1.54) is 24.3 Å². The van der Waals surface area contributed by atoms with Gasteiger partial charge in [-0.05, 0) is 49.2 Å². The second kappa shape index (κ2) is 14.4. The molecule has 0 spiro atoms. The quantitative estimate of drug-likeness (QED) is 0.530. The first-order valence-electron chi connectivity index (χ1n) is 12.4. The van der Waals surface area contributed by atoms with Crippen molar-refractivity contribution in [1.82, 2.24) is 20.4 Å². The molecule has 4 atom stereocenters. The van der Waals surface area contributed by atoms with Gasteiger partial charge in [0, 0.05) is 64.4 Å². The average Bonchev–Trinajstić information content (AvgIpc) is 2.84. The van der Waals surface area contributed by atoms with Gasteiger partial charge in [0.25, 0.3) is 0 Å². The summed E-state index contributed by atoms with van der Waals surface area (Å²) in [5.74, 6) is -1.30. The molecule has 0 saturated carbocycles. The molecule has 36 heavy (non-hydrogen) atoms. The molecule has 2 saturated heterocycles. The number of carbonyl (C=O) groups excluding carboxylic acids is 1. The predicted molar refractivity (Wildman–Crippen MR) is 146 cm³/mol. The predicted octanol–water partition coefficient (Wildman–Crippen LogP) is 3.83. The molecule has 2 aliphatic rings. The molecule has 2 aromatic carbocycles. The van der Waals surface area contributed by atoms with Crippen LogP contribution in [0, 0.1) is 11.6 Å². The van der Waals surface area contributed by atoms with E-state index < -0.39 is 11.8 Å². The number of carbonyl (C=O) groups is 1. The highest BCUT2D eigenvalue weighted by atomic mass is 35.5. The van der Waals surface area contributed by atoms with Crippen LogP contribution in [-0.2, 0) is 4.79 Å². The number of nitrogens with one attached hydrogen (secondary N) is 2. The third kappa shape index (κ3) is 7.70. The number of piperazine rings is 2. The maximum Gasteiger partial charge on any atom is 0.150 e. The molecule has 2 aliphatic heterocycles. The molecule has 4 unspecified atom stereocenters. The Bertz CT molecular complexity index is 872. The van der Waals surface area contributed by atoms with Crippen LogP contribution in [-0.4, -0.2) is 80.0 Å². The Morgan fingerprint density at radius 2 is 1.14 bits per heavy atom. The summed E-state index contributed by atoms with van der Waals surface area (Å²) in [6, 6.07) is 13.3. The number of nitrogens with zero attached hydrogens (tertiary/aromatic N) is 2. The van der Waals surface area contributed by atoms with Crippen LogP contribution in [0.4, 0.5) is 8.78 Å².